The number of aliphatic hydroxyl groups excluding tert-OH is 1. The number of carbonyl (C=O) groups excluding carboxylic acids is 1. The Labute approximate surface area is 124 Å². The van der Waals surface area contributed by atoms with E-state index in [4.69, 9.17) is 11.6 Å². The van der Waals surface area contributed by atoms with Gasteiger partial charge >= 0.3 is 0 Å². The van der Waals surface area contributed by atoms with Crippen molar-refractivity contribution in [1.82, 2.24) is 10.6 Å². The van der Waals surface area contributed by atoms with Gasteiger partial charge in [0.25, 0.3) is 0 Å². The molecule has 1 aliphatic rings. The third-order valence-electron chi connectivity index (χ3n) is 3.69. The van der Waals surface area contributed by atoms with E-state index in [0.717, 1.165) is 25.9 Å². The number of rotatable bonds is 5. The molecule has 0 spiro atoms. The Kier molecular flexibility index (Phi) is 5.83. The lowest BCUT2D eigenvalue weighted by Crippen LogP contribution is -2.33. The van der Waals surface area contributed by atoms with Crippen molar-refractivity contribution in [3.8, 4) is 0 Å². The number of benzene rings is 1. The molecule has 1 saturated heterocycles. The first kappa shape index (κ1) is 15.3. The Morgan fingerprint density at radius 2 is 2.10 bits per heavy atom. The maximum absolute atomic E-state index is 11.9. The zero-order valence-corrected chi connectivity index (χ0v) is 12.2. The van der Waals surface area contributed by atoms with E-state index in [0.29, 0.717) is 22.9 Å². The average Bonchev–Trinajstić information content (AvgIpc) is 2.46. The number of piperidine rings is 1. The van der Waals surface area contributed by atoms with Crippen molar-refractivity contribution in [3.05, 3.63) is 34.9 Å². The second-order valence-electron chi connectivity index (χ2n) is 5.24. The fraction of sp³-hybridized carbons (Fsp3) is 0.533. The van der Waals surface area contributed by atoms with Crippen LogP contribution in [-0.2, 0) is 4.79 Å². The number of aliphatic hydroxyl groups is 1. The molecule has 1 fully saturated rings. The van der Waals surface area contributed by atoms with Gasteiger partial charge in [0.15, 0.2) is 0 Å². The van der Waals surface area contributed by atoms with Gasteiger partial charge in [-0.2, -0.15) is 0 Å². The highest BCUT2D eigenvalue weighted by Crippen LogP contribution is 2.22. The summed E-state index contributed by atoms with van der Waals surface area (Å²) in [4.78, 5) is 11.9. The molecule has 1 aliphatic heterocycles. The average molecular weight is 297 g/mol. The number of hydrogen-bond acceptors (Lipinski definition) is 3. The molecule has 0 aromatic heterocycles. The van der Waals surface area contributed by atoms with Crippen molar-refractivity contribution in [3.63, 3.8) is 0 Å². The lowest BCUT2D eigenvalue weighted by Gasteiger charge is -2.22. The molecule has 20 heavy (non-hydrogen) atoms. The summed E-state index contributed by atoms with van der Waals surface area (Å²) >= 11 is 6.01. The molecule has 3 N–H and O–H groups in total. The fourth-order valence-corrected chi connectivity index (χ4v) is 2.75. The van der Waals surface area contributed by atoms with Crippen LogP contribution in [0.2, 0.25) is 5.02 Å². The van der Waals surface area contributed by atoms with Gasteiger partial charge in [0, 0.05) is 23.6 Å². The van der Waals surface area contributed by atoms with E-state index < -0.39 is 6.10 Å². The Morgan fingerprint density at radius 3 is 2.80 bits per heavy atom. The lowest BCUT2D eigenvalue weighted by molar-refractivity contribution is -0.122. The van der Waals surface area contributed by atoms with Crippen LogP contribution in [0.5, 0.6) is 0 Å². The Morgan fingerprint density at radius 1 is 1.40 bits per heavy atom. The highest BCUT2D eigenvalue weighted by Gasteiger charge is 2.18. The molecular weight excluding hydrogens is 276 g/mol. The zero-order chi connectivity index (χ0) is 14.4. The maximum atomic E-state index is 11.9. The van der Waals surface area contributed by atoms with E-state index in [-0.39, 0.29) is 12.5 Å². The zero-order valence-electron chi connectivity index (χ0n) is 11.4. The third-order valence-corrected chi connectivity index (χ3v) is 4.03. The van der Waals surface area contributed by atoms with Crippen LogP contribution in [0.4, 0.5) is 0 Å². The van der Waals surface area contributed by atoms with Crippen LogP contribution in [0.25, 0.3) is 0 Å². The Balaban J connectivity index is 1.76. The molecule has 1 amide bonds. The Bertz CT molecular complexity index is 447. The number of amides is 1. The molecule has 0 saturated carbocycles. The third kappa shape index (κ3) is 4.47. The molecule has 1 heterocycles. The summed E-state index contributed by atoms with van der Waals surface area (Å²) in [6.45, 7) is 2.17. The van der Waals surface area contributed by atoms with Gasteiger partial charge < -0.3 is 15.7 Å². The summed E-state index contributed by atoms with van der Waals surface area (Å²) in [6.07, 6.45) is 1.86. The summed E-state index contributed by atoms with van der Waals surface area (Å²) in [6, 6.07) is 7.14. The van der Waals surface area contributed by atoms with E-state index in [1.807, 2.05) is 12.1 Å². The molecule has 0 unspecified atom stereocenters. The van der Waals surface area contributed by atoms with Crippen molar-refractivity contribution in [2.45, 2.75) is 25.4 Å². The summed E-state index contributed by atoms with van der Waals surface area (Å²) < 4.78 is 0. The van der Waals surface area contributed by atoms with Gasteiger partial charge in [-0.25, -0.2) is 0 Å². The van der Waals surface area contributed by atoms with Crippen LogP contribution in [0.15, 0.2) is 24.3 Å². The SMILES string of the molecule is O=C(CC1CCNCC1)NC[C@H](O)c1ccccc1Cl. The van der Waals surface area contributed by atoms with E-state index in [9.17, 15) is 9.90 Å². The summed E-state index contributed by atoms with van der Waals surface area (Å²) in [5.41, 5.74) is 0.649. The van der Waals surface area contributed by atoms with Crippen molar-refractivity contribution in [2.24, 2.45) is 5.92 Å². The van der Waals surface area contributed by atoms with Crippen LogP contribution in [0, 0.1) is 5.92 Å². The predicted octanol–water partition coefficient (Wildman–Crippen LogP) is 1.88. The molecule has 1 aromatic rings. The normalized spacial score (nSPS) is 17.7. The quantitative estimate of drug-likeness (QED) is 0.777. The molecule has 1 aromatic carbocycles. The van der Waals surface area contributed by atoms with Crippen molar-refractivity contribution < 1.29 is 9.90 Å². The van der Waals surface area contributed by atoms with Gasteiger partial charge in [0.05, 0.1) is 6.10 Å². The summed E-state index contributed by atoms with van der Waals surface area (Å²) in [5, 5.41) is 16.6. The van der Waals surface area contributed by atoms with Gasteiger partial charge in [-0.15, -0.1) is 0 Å². The van der Waals surface area contributed by atoms with Crippen molar-refractivity contribution >= 4 is 17.5 Å². The molecule has 0 aliphatic carbocycles. The van der Waals surface area contributed by atoms with Crippen LogP contribution in [0.1, 0.15) is 30.9 Å². The van der Waals surface area contributed by atoms with Gasteiger partial charge in [-0.3, -0.25) is 4.79 Å². The second-order valence-corrected chi connectivity index (χ2v) is 5.65. The number of nitrogens with one attached hydrogen (secondary N) is 2. The first-order valence-corrected chi connectivity index (χ1v) is 7.44. The van der Waals surface area contributed by atoms with Crippen LogP contribution in [-0.4, -0.2) is 30.6 Å². The molecular formula is C15H21ClN2O2. The molecule has 0 bridgehead atoms. The van der Waals surface area contributed by atoms with E-state index in [2.05, 4.69) is 10.6 Å². The lowest BCUT2D eigenvalue weighted by atomic mass is 9.94. The van der Waals surface area contributed by atoms with E-state index in [1.54, 1.807) is 12.1 Å². The molecule has 2 rings (SSSR count). The van der Waals surface area contributed by atoms with Crippen LogP contribution in [0.3, 0.4) is 0 Å². The fourth-order valence-electron chi connectivity index (χ4n) is 2.49. The molecule has 110 valence electrons. The van der Waals surface area contributed by atoms with Gasteiger partial charge in [0.1, 0.15) is 0 Å². The molecule has 5 heteroatoms. The number of hydrogen-bond donors (Lipinski definition) is 3. The number of carbonyl (C=O) groups is 1. The minimum absolute atomic E-state index is 0.00278. The van der Waals surface area contributed by atoms with Gasteiger partial charge in [-0.05, 0) is 37.9 Å². The number of halogens is 1. The smallest absolute Gasteiger partial charge is 0.220 e. The summed E-state index contributed by atoms with van der Waals surface area (Å²) in [7, 11) is 0. The Hall–Kier alpha value is -1.10. The minimum Gasteiger partial charge on any atom is -0.387 e. The minimum atomic E-state index is -0.763. The van der Waals surface area contributed by atoms with Gasteiger partial charge in [-0.1, -0.05) is 29.8 Å². The molecule has 1 atom stereocenters. The topological polar surface area (TPSA) is 61.4 Å². The van der Waals surface area contributed by atoms with Crippen molar-refractivity contribution in [2.75, 3.05) is 19.6 Å². The van der Waals surface area contributed by atoms with Crippen LogP contribution >= 0.6 is 11.6 Å². The molecule has 0 radical (unpaired) electrons. The van der Waals surface area contributed by atoms with E-state index in [1.165, 1.54) is 0 Å². The first-order chi connectivity index (χ1) is 9.66. The van der Waals surface area contributed by atoms with E-state index >= 15 is 0 Å². The largest absolute Gasteiger partial charge is 0.387 e. The highest BCUT2D eigenvalue weighted by atomic mass is 35.5. The second kappa shape index (κ2) is 7.62. The molecule has 4 nitrogen and oxygen atoms in total. The summed E-state index contributed by atoms with van der Waals surface area (Å²) in [5.74, 6) is 0.455. The van der Waals surface area contributed by atoms with Crippen molar-refractivity contribution in [1.29, 1.82) is 0 Å². The highest BCUT2D eigenvalue weighted by molar-refractivity contribution is 6.31. The standard InChI is InChI=1S/C15H21ClN2O2/c16-13-4-2-1-3-12(13)14(19)10-18-15(20)9-11-5-7-17-8-6-11/h1-4,11,14,17,19H,5-10H2,(H,18,20)/t14-/m0/s1. The predicted molar refractivity (Wildman–Crippen MR) is 79.6 cm³/mol. The first-order valence-electron chi connectivity index (χ1n) is 7.06. The monoisotopic (exact) mass is 296 g/mol. The van der Waals surface area contributed by atoms with Crippen LogP contribution < -0.4 is 10.6 Å². The maximum Gasteiger partial charge on any atom is 0.220 e. The van der Waals surface area contributed by atoms with Gasteiger partial charge in [0.2, 0.25) is 5.91 Å².